The summed E-state index contributed by atoms with van der Waals surface area (Å²) in [7, 11) is 0. The predicted molar refractivity (Wildman–Crippen MR) is 109 cm³/mol. The van der Waals surface area contributed by atoms with Gasteiger partial charge in [-0.1, -0.05) is 18.6 Å². The second kappa shape index (κ2) is 8.22. The molecular formula is C21H20F3N3O2S. The zero-order valence-electron chi connectivity index (χ0n) is 16.3. The summed E-state index contributed by atoms with van der Waals surface area (Å²) in [6, 6.07) is 5.20. The van der Waals surface area contributed by atoms with Crippen LogP contribution in [0.25, 0.3) is 10.2 Å². The standard InChI is InChI=1S/C21H20F3N3O2S/c1-12-16-18(27-15-10-6-5-9-14(15)21(22,23)24)25-11-26-19(16)30-17(12)20(28)29-13-7-3-2-4-8-13/h5-6,9-11,13H,2-4,7-8H2,1H3,(H,25,26,27). The van der Waals surface area contributed by atoms with Crippen molar-refractivity contribution in [3.05, 3.63) is 46.6 Å². The lowest BCUT2D eigenvalue weighted by molar-refractivity contribution is -0.136. The molecule has 9 heteroatoms. The summed E-state index contributed by atoms with van der Waals surface area (Å²) >= 11 is 1.17. The van der Waals surface area contributed by atoms with E-state index in [-0.39, 0.29) is 17.6 Å². The number of nitrogens with one attached hydrogen (secondary N) is 1. The van der Waals surface area contributed by atoms with Gasteiger partial charge in [0.2, 0.25) is 0 Å². The molecule has 0 saturated heterocycles. The third kappa shape index (κ3) is 4.12. The van der Waals surface area contributed by atoms with Crippen molar-refractivity contribution in [2.75, 3.05) is 5.32 Å². The summed E-state index contributed by atoms with van der Waals surface area (Å²) < 4.78 is 45.7. The van der Waals surface area contributed by atoms with Crippen LogP contribution >= 0.6 is 11.3 Å². The molecule has 0 unspecified atom stereocenters. The molecule has 5 nitrogen and oxygen atoms in total. The minimum Gasteiger partial charge on any atom is -0.458 e. The number of hydrogen-bond donors (Lipinski definition) is 1. The van der Waals surface area contributed by atoms with E-state index < -0.39 is 17.7 Å². The van der Waals surface area contributed by atoms with Gasteiger partial charge in [0, 0.05) is 0 Å². The number of para-hydroxylation sites is 1. The quantitative estimate of drug-likeness (QED) is 0.491. The molecular weight excluding hydrogens is 415 g/mol. The molecule has 2 aromatic heterocycles. The van der Waals surface area contributed by atoms with Gasteiger partial charge in [0.25, 0.3) is 0 Å². The molecule has 1 saturated carbocycles. The fourth-order valence-electron chi connectivity index (χ4n) is 3.72. The highest BCUT2D eigenvalue weighted by atomic mass is 32.1. The Balaban J connectivity index is 1.67. The number of aryl methyl sites for hydroxylation is 1. The van der Waals surface area contributed by atoms with Crippen LogP contribution in [0, 0.1) is 6.92 Å². The van der Waals surface area contributed by atoms with E-state index in [1.807, 2.05) is 0 Å². The lowest BCUT2D eigenvalue weighted by atomic mass is 9.98. The summed E-state index contributed by atoms with van der Waals surface area (Å²) in [6.07, 6.45) is 1.63. The number of fused-ring (bicyclic) bond motifs is 1. The van der Waals surface area contributed by atoms with E-state index in [1.165, 1.54) is 35.9 Å². The average molecular weight is 435 g/mol. The summed E-state index contributed by atoms with van der Waals surface area (Å²) in [5, 5.41) is 3.30. The molecule has 158 valence electrons. The van der Waals surface area contributed by atoms with Crippen molar-refractivity contribution in [1.82, 2.24) is 9.97 Å². The van der Waals surface area contributed by atoms with Gasteiger partial charge in [-0.3, -0.25) is 0 Å². The molecule has 1 aliphatic rings. The van der Waals surface area contributed by atoms with Gasteiger partial charge in [0.15, 0.2) is 0 Å². The van der Waals surface area contributed by atoms with E-state index in [0.29, 0.717) is 20.7 Å². The second-order valence-electron chi connectivity index (χ2n) is 7.29. The van der Waals surface area contributed by atoms with Crippen LogP contribution in [0.15, 0.2) is 30.6 Å². The van der Waals surface area contributed by atoms with Crippen molar-refractivity contribution in [3.63, 3.8) is 0 Å². The summed E-state index contributed by atoms with van der Waals surface area (Å²) in [6.45, 7) is 1.74. The molecule has 2 heterocycles. The maximum atomic E-state index is 13.3. The summed E-state index contributed by atoms with van der Waals surface area (Å²) in [5.41, 5.74) is -0.299. The highest BCUT2D eigenvalue weighted by molar-refractivity contribution is 7.20. The van der Waals surface area contributed by atoms with E-state index in [2.05, 4.69) is 15.3 Å². The summed E-state index contributed by atoms with van der Waals surface area (Å²) in [5.74, 6) is -0.189. The van der Waals surface area contributed by atoms with Crippen LogP contribution < -0.4 is 5.32 Å². The number of thiophene rings is 1. The van der Waals surface area contributed by atoms with Crippen LogP contribution in [0.2, 0.25) is 0 Å². The first-order valence-electron chi connectivity index (χ1n) is 9.73. The van der Waals surface area contributed by atoms with Gasteiger partial charge >= 0.3 is 12.1 Å². The van der Waals surface area contributed by atoms with Crippen LogP contribution in [-0.4, -0.2) is 22.0 Å². The van der Waals surface area contributed by atoms with Crippen molar-refractivity contribution in [3.8, 4) is 0 Å². The number of anilines is 2. The largest absolute Gasteiger partial charge is 0.458 e. The third-order valence-electron chi connectivity index (χ3n) is 5.22. The molecule has 1 aliphatic carbocycles. The number of carbonyl (C=O) groups is 1. The van der Waals surface area contributed by atoms with Crippen molar-refractivity contribution in [2.45, 2.75) is 51.3 Å². The molecule has 0 spiro atoms. The normalized spacial score (nSPS) is 15.3. The van der Waals surface area contributed by atoms with Crippen LogP contribution in [-0.2, 0) is 10.9 Å². The number of esters is 1. The van der Waals surface area contributed by atoms with Crippen molar-refractivity contribution >= 4 is 39.0 Å². The van der Waals surface area contributed by atoms with E-state index in [4.69, 9.17) is 4.74 Å². The van der Waals surface area contributed by atoms with Crippen LogP contribution in [0.1, 0.15) is 52.9 Å². The number of alkyl halides is 3. The first kappa shape index (κ1) is 20.6. The Morgan fingerprint density at radius 3 is 2.63 bits per heavy atom. The lowest BCUT2D eigenvalue weighted by Crippen LogP contribution is -2.20. The first-order valence-corrected chi connectivity index (χ1v) is 10.5. The molecule has 30 heavy (non-hydrogen) atoms. The Labute approximate surface area is 175 Å². The minimum atomic E-state index is -4.51. The van der Waals surface area contributed by atoms with E-state index in [0.717, 1.165) is 38.2 Å². The van der Waals surface area contributed by atoms with Gasteiger partial charge in [-0.15, -0.1) is 11.3 Å². The smallest absolute Gasteiger partial charge is 0.418 e. The highest BCUT2D eigenvalue weighted by Gasteiger charge is 2.33. The van der Waals surface area contributed by atoms with Gasteiger partial charge < -0.3 is 10.1 Å². The van der Waals surface area contributed by atoms with Crippen molar-refractivity contribution in [2.24, 2.45) is 0 Å². The van der Waals surface area contributed by atoms with Crippen molar-refractivity contribution in [1.29, 1.82) is 0 Å². The van der Waals surface area contributed by atoms with E-state index in [9.17, 15) is 18.0 Å². The van der Waals surface area contributed by atoms with E-state index >= 15 is 0 Å². The highest BCUT2D eigenvalue weighted by Crippen LogP contribution is 2.39. The SMILES string of the molecule is Cc1c(C(=O)OC2CCCCC2)sc2ncnc(Nc3ccccc3C(F)(F)F)c12. The Hall–Kier alpha value is -2.68. The van der Waals surface area contributed by atoms with Gasteiger partial charge in [-0.2, -0.15) is 13.2 Å². The predicted octanol–water partition coefficient (Wildman–Crippen LogP) is 6.25. The van der Waals surface area contributed by atoms with Crippen LogP contribution in [0.4, 0.5) is 24.7 Å². The topological polar surface area (TPSA) is 64.1 Å². The molecule has 3 aromatic rings. The third-order valence-corrected chi connectivity index (χ3v) is 6.40. The van der Waals surface area contributed by atoms with Gasteiger partial charge in [0.1, 0.15) is 28.0 Å². The molecule has 0 bridgehead atoms. The Kier molecular flexibility index (Phi) is 5.64. The molecule has 0 aliphatic heterocycles. The Morgan fingerprint density at radius 2 is 1.90 bits per heavy atom. The molecule has 4 rings (SSSR count). The zero-order valence-corrected chi connectivity index (χ0v) is 17.1. The molecule has 1 fully saturated rings. The average Bonchev–Trinajstić information content (AvgIpc) is 3.06. The number of aromatic nitrogens is 2. The number of rotatable bonds is 4. The number of carbonyl (C=O) groups excluding carboxylic acids is 1. The molecule has 0 amide bonds. The molecule has 1 aromatic carbocycles. The number of ether oxygens (including phenoxy) is 1. The molecule has 0 radical (unpaired) electrons. The maximum Gasteiger partial charge on any atom is 0.418 e. The Morgan fingerprint density at radius 1 is 1.17 bits per heavy atom. The van der Waals surface area contributed by atoms with Crippen LogP contribution in [0.3, 0.4) is 0 Å². The summed E-state index contributed by atoms with van der Waals surface area (Å²) in [4.78, 5) is 22.0. The van der Waals surface area contributed by atoms with Gasteiger partial charge in [0.05, 0.1) is 16.6 Å². The number of halogens is 3. The number of hydrogen-bond acceptors (Lipinski definition) is 6. The first-order chi connectivity index (χ1) is 14.3. The minimum absolute atomic E-state index is 0.0850. The molecule has 1 N–H and O–H groups in total. The molecule has 0 atom stereocenters. The fraction of sp³-hybridized carbons (Fsp3) is 0.381. The van der Waals surface area contributed by atoms with E-state index in [1.54, 1.807) is 6.92 Å². The monoisotopic (exact) mass is 435 g/mol. The van der Waals surface area contributed by atoms with Gasteiger partial charge in [-0.05, 0) is 50.3 Å². The lowest BCUT2D eigenvalue weighted by Gasteiger charge is -2.21. The second-order valence-corrected chi connectivity index (χ2v) is 8.29. The zero-order chi connectivity index (χ0) is 21.3. The Bertz CT molecular complexity index is 1080. The van der Waals surface area contributed by atoms with Crippen LogP contribution in [0.5, 0.6) is 0 Å². The van der Waals surface area contributed by atoms with Gasteiger partial charge in [-0.25, -0.2) is 14.8 Å². The number of nitrogens with zero attached hydrogens (tertiary/aromatic N) is 2. The fourth-order valence-corrected chi connectivity index (χ4v) is 4.75. The van der Waals surface area contributed by atoms with Crippen molar-refractivity contribution < 1.29 is 22.7 Å². The number of benzene rings is 1. The maximum absolute atomic E-state index is 13.3.